The van der Waals surface area contributed by atoms with E-state index in [4.69, 9.17) is 56.8 Å². The van der Waals surface area contributed by atoms with Crippen LogP contribution in [0, 0.1) is 0 Å². The molecular formula is C51H69Br21N4O24. The third-order valence-corrected chi connectivity index (χ3v) is 18.3. The highest BCUT2D eigenvalue weighted by atomic mass is 80.0. The first-order valence-electron chi connectivity index (χ1n) is 28.0. The lowest BCUT2D eigenvalue weighted by Crippen LogP contribution is -2.37. The molecule has 0 spiro atoms. The molecule has 28 nitrogen and oxygen atoms in total. The summed E-state index contributed by atoms with van der Waals surface area (Å²) in [6.45, 7) is 8.13. The topological polar surface area (TPSA) is 329 Å². The van der Waals surface area contributed by atoms with Crippen LogP contribution in [-0.4, -0.2) is 299 Å². The molecule has 0 radical (unpaired) electrons. The van der Waals surface area contributed by atoms with Gasteiger partial charge in [0.1, 0.15) is 91.4 Å². The number of ether oxygens (including phenoxy) is 12. The van der Waals surface area contributed by atoms with Gasteiger partial charge in [-0.25, -0.2) is 28.8 Å². The zero-order valence-electron chi connectivity index (χ0n) is 52.1. The Morgan fingerprint density at radius 3 is 0.540 bits per heavy atom. The van der Waals surface area contributed by atoms with Crippen molar-refractivity contribution in [2.45, 2.75) is 36.9 Å². The van der Waals surface area contributed by atoms with Gasteiger partial charge in [0.05, 0.1) is 19.8 Å². The summed E-state index contributed by atoms with van der Waals surface area (Å²) in [5, 5.41) is 0.980. The van der Waals surface area contributed by atoms with E-state index < -0.39 is 53.5 Å². The molecule has 0 aromatic rings. The Labute approximate surface area is 756 Å². The molecule has 100 heavy (non-hydrogen) atoms. The predicted octanol–water partition coefficient (Wildman–Crippen LogP) is 12.1. The number of hydrogen-bond donors (Lipinski definition) is 0. The molecule has 0 aliphatic rings. The number of alkyl halides is 21. The Kier molecular flexibility index (Phi) is 76.1. The average molecular weight is 2800 g/mol. The number of carbonyl (C=O) groups is 12. The molecule has 0 heterocycles. The maximum Gasteiger partial charge on any atom is 0.344 e. The molecule has 0 bridgehead atoms. The SMILES string of the molecule is O=C(CBr)OCCCN(CCCOC(=O)CBr)CCCOC(=O)CBr.O=C(CBr)OCCN(CCOC(=O)CBr)CCOC(=O)CBr.O=C(OCCN(CCOC(=O)C(Br)(Br)Br)CCOC(=O)C(Br)(Br)Br)C(Br)(Br)Br.O=C(OCCN(CCOC(=O)C(Br)Br)CCOC(=O)C(Br)Br)C(Br)Br. The van der Waals surface area contributed by atoms with Gasteiger partial charge in [-0.1, -0.05) is 191 Å². The summed E-state index contributed by atoms with van der Waals surface area (Å²) >= 11 is 64.0. The lowest BCUT2D eigenvalue weighted by Gasteiger charge is -2.23. The van der Waals surface area contributed by atoms with Gasteiger partial charge < -0.3 is 61.7 Å². The van der Waals surface area contributed by atoms with E-state index >= 15 is 0 Å². The van der Waals surface area contributed by atoms with Crippen LogP contribution in [0.3, 0.4) is 0 Å². The van der Waals surface area contributed by atoms with Crippen LogP contribution in [-0.2, 0) is 114 Å². The normalized spacial score (nSPS) is 11.3. The summed E-state index contributed by atoms with van der Waals surface area (Å²) in [5.41, 5.74) is 0. The fourth-order valence-corrected chi connectivity index (χ4v) is 8.72. The van der Waals surface area contributed by atoms with Crippen LogP contribution in [0.25, 0.3) is 0 Å². The van der Waals surface area contributed by atoms with Crippen LogP contribution < -0.4 is 0 Å². The van der Waals surface area contributed by atoms with Crippen LogP contribution in [0.4, 0.5) is 0 Å². The molecule has 0 aromatic heterocycles. The Balaban J connectivity index is -0.000000616. The van der Waals surface area contributed by atoms with Crippen LogP contribution in [0.1, 0.15) is 19.3 Å². The van der Waals surface area contributed by atoms with E-state index in [9.17, 15) is 57.5 Å². The minimum Gasteiger partial charge on any atom is -0.465 e. The van der Waals surface area contributed by atoms with Crippen molar-refractivity contribution in [3.05, 3.63) is 0 Å². The Hall–Kier alpha value is 3.56. The fraction of sp³-hybridized carbons (Fsp3) is 0.765. The van der Waals surface area contributed by atoms with Crippen LogP contribution in [0.2, 0.25) is 0 Å². The van der Waals surface area contributed by atoms with E-state index in [1.807, 2.05) is 14.7 Å². The van der Waals surface area contributed by atoms with E-state index in [-0.39, 0.29) is 127 Å². The maximum atomic E-state index is 11.7. The molecule has 49 heteroatoms. The second-order valence-electron chi connectivity index (χ2n) is 17.9. The van der Waals surface area contributed by atoms with Gasteiger partial charge in [0.15, 0.2) is 11.2 Å². The van der Waals surface area contributed by atoms with E-state index in [1.54, 1.807) is 0 Å². The molecule has 584 valence electrons. The van der Waals surface area contributed by atoms with Crippen LogP contribution in [0.5, 0.6) is 0 Å². The molecule has 0 saturated heterocycles. The molecule has 0 saturated carbocycles. The van der Waals surface area contributed by atoms with E-state index in [0.29, 0.717) is 98.0 Å². The molecular weight excluding hydrogens is 2730 g/mol. The number of esters is 12. The van der Waals surface area contributed by atoms with Crippen LogP contribution >= 0.6 is 335 Å². The van der Waals surface area contributed by atoms with Crippen molar-refractivity contribution in [3.63, 3.8) is 0 Å². The summed E-state index contributed by atoms with van der Waals surface area (Å²) in [6.07, 6.45) is 2.13. The van der Waals surface area contributed by atoms with Crippen molar-refractivity contribution in [2.75, 3.05) is 190 Å². The number of rotatable bonds is 48. The first-order chi connectivity index (χ1) is 46.7. The van der Waals surface area contributed by atoms with Gasteiger partial charge in [0, 0.05) is 78.5 Å². The summed E-state index contributed by atoms with van der Waals surface area (Å²) in [6, 6.07) is 0. The summed E-state index contributed by atoms with van der Waals surface area (Å²) in [4.78, 5) is 143. The first-order valence-corrected chi connectivity index (χ1v) is 47.4. The third-order valence-electron chi connectivity index (χ3n) is 10.4. The molecule has 0 fully saturated rings. The highest BCUT2D eigenvalue weighted by Crippen LogP contribution is 2.36. The van der Waals surface area contributed by atoms with Crippen molar-refractivity contribution in [1.82, 2.24) is 19.6 Å². The molecule has 0 rings (SSSR count). The van der Waals surface area contributed by atoms with Crippen molar-refractivity contribution in [3.8, 4) is 0 Å². The molecule has 0 aliphatic heterocycles. The maximum absolute atomic E-state index is 11.7. The second-order valence-corrected chi connectivity index (χ2v) is 50.7. The van der Waals surface area contributed by atoms with Crippen molar-refractivity contribution >= 4 is 406 Å². The van der Waals surface area contributed by atoms with Gasteiger partial charge in [0.2, 0.25) is 6.43 Å². The Morgan fingerprint density at radius 2 is 0.380 bits per heavy atom. The van der Waals surface area contributed by atoms with E-state index in [0.717, 1.165) is 19.6 Å². The second kappa shape index (κ2) is 69.3. The van der Waals surface area contributed by atoms with Crippen molar-refractivity contribution < 1.29 is 114 Å². The molecule has 0 aromatic carbocycles. The molecule has 0 unspecified atom stereocenters. The quantitative estimate of drug-likeness (QED) is 0.0236. The number of hydrogen-bond acceptors (Lipinski definition) is 28. The number of nitrogens with zero attached hydrogens (tertiary/aromatic N) is 4. The lowest BCUT2D eigenvalue weighted by molar-refractivity contribution is -0.145. The van der Waals surface area contributed by atoms with Gasteiger partial charge in [-0.15, -0.1) is 0 Å². The third kappa shape index (κ3) is 70.7. The highest BCUT2D eigenvalue weighted by Gasteiger charge is 2.33. The largest absolute Gasteiger partial charge is 0.465 e. The van der Waals surface area contributed by atoms with E-state index in [2.05, 4.69) is 339 Å². The summed E-state index contributed by atoms with van der Waals surface area (Å²) < 4.78 is 55.3. The minimum atomic E-state index is -1.15. The zero-order valence-corrected chi connectivity index (χ0v) is 85.4. The fourth-order valence-electron chi connectivity index (χ4n) is 5.92. The standard InChI is InChI=1S/C15H24Br3NO6.C12H12Br9NO6.C12H15Br6NO6.C12H18Br3NO6/c16-10-13(20)23-7-1-4-19(5-2-8-24-14(21)11-17)6-3-9-25-15(22)12-18;13-10(14,15)7(23)26-4-1-22(2-5-27-8(24)11(16,17)18)3-6-28-9(25)12(19,20)21;13-7(14)10(20)23-4-1-19(2-5-24-11(21)8(15)16)3-6-25-12(22)9(17)18;13-7-10(17)20-4-1-16(2-5-21-11(18)8-14)3-6-22-12(19)9-15/h1-12H2;1-6H2;7-9H,1-6H2;1-9H2. The number of carbonyl (C=O) groups excluding carboxylic acids is 12. The summed E-state index contributed by atoms with van der Waals surface area (Å²) in [7, 11) is 0. The van der Waals surface area contributed by atoms with Gasteiger partial charge in [0.25, 0.3) is 0 Å². The summed E-state index contributed by atoms with van der Waals surface area (Å²) in [5.74, 6) is -4.91. The first kappa shape index (κ1) is 110. The lowest BCUT2D eigenvalue weighted by atomic mass is 10.3. The molecule has 0 amide bonds. The highest BCUT2D eigenvalue weighted by molar-refractivity contribution is 9.41. The van der Waals surface area contributed by atoms with Crippen molar-refractivity contribution in [2.24, 2.45) is 0 Å². The molecule has 0 N–H and O–H groups in total. The Morgan fingerprint density at radius 1 is 0.230 bits per heavy atom. The minimum absolute atomic E-state index is 0.0732. The number of halogens is 21. The Bertz CT molecular complexity index is 2110. The molecule has 0 aliphatic carbocycles. The van der Waals surface area contributed by atoms with E-state index in [1.165, 1.54) is 0 Å². The van der Waals surface area contributed by atoms with Crippen molar-refractivity contribution in [1.29, 1.82) is 0 Å². The average Bonchev–Trinajstić information content (AvgIpc) is 0.941. The zero-order chi connectivity index (χ0) is 77.3. The van der Waals surface area contributed by atoms with Crippen LogP contribution in [0.15, 0.2) is 0 Å². The van der Waals surface area contributed by atoms with Gasteiger partial charge in [-0.05, 0) is 163 Å². The smallest absolute Gasteiger partial charge is 0.344 e. The molecule has 0 atom stereocenters. The van der Waals surface area contributed by atoms with Gasteiger partial charge in [-0.2, -0.15) is 0 Å². The monoisotopic (exact) mass is 2780 g/mol. The van der Waals surface area contributed by atoms with Gasteiger partial charge in [-0.3, -0.25) is 43.5 Å². The van der Waals surface area contributed by atoms with Gasteiger partial charge >= 0.3 is 71.6 Å². The predicted molar refractivity (Wildman–Crippen MR) is 447 cm³/mol.